The number of rotatable bonds is 3. The second-order valence-electron chi connectivity index (χ2n) is 6.66. The van der Waals surface area contributed by atoms with E-state index >= 15 is 0 Å². The van der Waals surface area contributed by atoms with Crippen molar-refractivity contribution in [3.63, 3.8) is 0 Å². The second kappa shape index (κ2) is 6.14. The van der Waals surface area contributed by atoms with Gasteiger partial charge in [-0.2, -0.15) is 18.3 Å². The van der Waals surface area contributed by atoms with Crippen LogP contribution in [0.2, 0.25) is 0 Å². The van der Waals surface area contributed by atoms with Crippen LogP contribution in [0.1, 0.15) is 42.9 Å². The Bertz CT molecular complexity index is 580. The van der Waals surface area contributed by atoms with Crippen LogP contribution in [-0.4, -0.2) is 58.7 Å². The zero-order valence-corrected chi connectivity index (χ0v) is 14.1. The first kappa shape index (κ1) is 17.8. The smallest absolute Gasteiger partial charge is 0.337 e. The van der Waals surface area contributed by atoms with Crippen LogP contribution in [0.4, 0.5) is 13.2 Å². The highest BCUT2D eigenvalue weighted by Crippen LogP contribution is 2.34. The monoisotopic (exact) mass is 332 g/mol. The van der Waals surface area contributed by atoms with Gasteiger partial charge in [0.15, 0.2) is 5.69 Å². The summed E-state index contributed by atoms with van der Waals surface area (Å²) in [6.45, 7) is 6.09. The number of amides is 1. The number of hydrogen-bond acceptors (Lipinski definition) is 3. The predicted molar refractivity (Wildman–Crippen MR) is 80.2 cm³/mol. The lowest BCUT2D eigenvalue weighted by molar-refractivity contribution is -0.145. The van der Waals surface area contributed by atoms with E-state index in [1.807, 2.05) is 25.9 Å². The molecule has 2 atom stereocenters. The van der Waals surface area contributed by atoms with E-state index in [1.54, 1.807) is 13.8 Å². The molecule has 1 aromatic rings. The lowest BCUT2D eigenvalue weighted by Gasteiger charge is -2.22. The molecule has 0 unspecified atom stereocenters. The van der Waals surface area contributed by atoms with Gasteiger partial charge in [-0.1, -0.05) is 6.92 Å². The molecular formula is C15H23F3N4O. The molecule has 0 aromatic carbocycles. The molecule has 1 fully saturated rings. The number of halogens is 3. The topological polar surface area (TPSA) is 41.4 Å². The number of aromatic nitrogens is 2. The molecule has 0 radical (unpaired) electrons. The van der Waals surface area contributed by atoms with Crippen molar-refractivity contribution in [3.8, 4) is 0 Å². The molecule has 5 nitrogen and oxygen atoms in total. The highest BCUT2D eigenvalue weighted by atomic mass is 19.4. The van der Waals surface area contributed by atoms with Gasteiger partial charge in [0, 0.05) is 25.2 Å². The zero-order valence-electron chi connectivity index (χ0n) is 14.1. The molecule has 0 spiro atoms. The van der Waals surface area contributed by atoms with Crippen LogP contribution in [0.5, 0.6) is 0 Å². The third kappa shape index (κ3) is 3.36. The molecule has 2 heterocycles. The summed E-state index contributed by atoms with van der Waals surface area (Å²) in [5, 5.41) is 3.79. The van der Waals surface area contributed by atoms with Gasteiger partial charge in [-0.3, -0.25) is 9.48 Å². The first-order valence-corrected chi connectivity index (χ1v) is 7.64. The van der Waals surface area contributed by atoms with Crippen LogP contribution in [0.25, 0.3) is 0 Å². The van der Waals surface area contributed by atoms with Crippen molar-refractivity contribution in [2.45, 2.75) is 39.0 Å². The van der Waals surface area contributed by atoms with Crippen LogP contribution in [0.3, 0.4) is 0 Å². The Labute approximate surface area is 134 Å². The second-order valence-corrected chi connectivity index (χ2v) is 6.66. The molecule has 1 aromatic heterocycles. The van der Waals surface area contributed by atoms with Gasteiger partial charge in [0.2, 0.25) is 0 Å². The Balaban J connectivity index is 2.34. The Morgan fingerprint density at radius 2 is 1.96 bits per heavy atom. The summed E-state index contributed by atoms with van der Waals surface area (Å²) in [6, 6.07) is -0.325. The third-order valence-corrected chi connectivity index (χ3v) is 4.31. The Morgan fingerprint density at radius 3 is 2.39 bits per heavy atom. The van der Waals surface area contributed by atoms with Crippen LogP contribution in [-0.2, 0) is 6.18 Å². The van der Waals surface area contributed by atoms with Gasteiger partial charge in [-0.15, -0.1) is 0 Å². The number of hydrogen-bond donors (Lipinski definition) is 0. The zero-order chi connectivity index (χ0) is 17.5. The van der Waals surface area contributed by atoms with E-state index in [0.29, 0.717) is 13.1 Å². The third-order valence-electron chi connectivity index (χ3n) is 4.31. The van der Waals surface area contributed by atoms with Crippen molar-refractivity contribution in [1.29, 1.82) is 0 Å². The molecule has 1 saturated heterocycles. The van der Waals surface area contributed by atoms with E-state index in [0.717, 1.165) is 10.9 Å². The molecule has 130 valence electrons. The standard InChI is InChI=1S/C15H23F3N4O/c1-9(2)22-13(15(16,17)18)11(6-19-22)14(23)21-7-10(3)12(8-21)20(4)5/h6,9-10,12H,7-8H2,1-5H3/t10-,12+/m1/s1. The molecule has 0 bridgehead atoms. The molecule has 1 amide bonds. The van der Waals surface area contributed by atoms with E-state index in [-0.39, 0.29) is 17.5 Å². The molecule has 0 saturated carbocycles. The number of likely N-dealkylation sites (tertiary alicyclic amines) is 1. The molecule has 8 heteroatoms. The Morgan fingerprint density at radius 1 is 1.35 bits per heavy atom. The Kier molecular flexibility index (Phi) is 4.75. The Hall–Kier alpha value is -1.57. The van der Waals surface area contributed by atoms with E-state index < -0.39 is 23.8 Å². The maximum absolute atomic E-state index is 13.4. The quantitative estimate of drug-likeness (QED) is 0.854. The van der Waals surface area contributed by atoms with Crippen molar-refractivity contribution >= 4 is 5.91 Å². The summed E-state index contributed by atoms with van der Waals surface area (Å²) in [6.07, 6.45) is -3.57. The maximum atomic E-state index is 13.4. The SMILES string of the molecule is CC(C)n1ncc(C(=O)N2C[C@@H](C)[C@@H](N(C)C)C2)c1C(F)(F)F. The molecule has 23 heavy (non-hydrogen) atoms. The fourth-order valence-electron chi connectivity index (χ4n) is 3.15. The number of carbonyl (C=O) groups excluding carboxylic acids is 1. The first-order chi connectivity index (χ1) is 10.5. The summed E-state index contributed by atoms with van der Waals surface area (Å²) < 4.78 is 41.0. The molecule has 1 aliphatic heterocycles. The number of likely N-dealkylation sites (N-methyl/N-ethyl adjacent to an activating group) is 1. The number of carbonyl (C=O) groups is 1. The van der Waals surface area contributed by atoms with Gasteiger partial charge in [0.25, 0.3) is 5.91 Å². The average Bonchev–Trinajstić information content (AvgIpc) is 3.00. The fourth-order valence-corrected chi connectivity index (χ4v) is 3.15. The minimum atomic E-state index is -4.61. The average molecular weight is 332 g/mol. The van der Waals surface area contributed by atoms with E-state index in [9.17, 15) is 18.0 Å². The van der Waals surface area contributed by atoms with Gasteiger partial charge in [-0.05, 0) is 33.9 Å². The summed E-state index contributed by atoms with van der Waals surface area (Å²) >= 11 is 0. The van der Waals surface area contributed by atoms with Crippen molar-refractivity contribution in [3.05, 3.63) is 17.5 Å². The summed E-state index contributed by atoms with van der Waals surface area (Å²) in [5.41, 5.74) is -1.32. The van der Waals surface area contributed by atoms with Crippen LogP contribution < -0.4 is 0 Å². The lowest BCUT2D eigenvalue weighted by Crippen LogP contribution is -2.36. The van der Waals surface area contributed by atoms with Gasteiger partial charge in [0.05, 0.1) is 11.8 Å². The fraction of sp³-hybridized carbons (Fsp3) is 0.733. The predicted octanol–water partition coefficient (Wildman–Crippen LogP) is 2.50. The largest absolute Gasteiger partial charge is 0.433 e. The highest BCUT2D eigenvalue weighted by molar-refractivity contribution is 5.95. The van der Waals surface area contributed by atoms with Gasteiger partial charge in [-0.25, -0.2) is 0 Å². The summed E-state index contributed by atoms with van der Waals surface area (Å²) in [7, 11) is 3.82. The van der Waals surface area contributed by atoms with Crippen molar-refractivity contribution in [1.82, 2.24) is 19.6 Å². The summed E-state index contributed by atoms with van der Waals surface area (Å²) in [4.78, 5) is 16.1. The number of nitrogens with zero attached hydrogens (tertiary/aromatic N) is 4. The molecule has 1 aliphatic rings. The van der Waals surface area contributed by atoms with Crippen LogP contribution in [0.15, 0.2) is 6.20 Å². The normalized spacial score (nSPS) is 22.4. The van der Waals surface area contributed by atoms with Crippen molar-refractivity contribution in [2.24, 2.45) is 5.92 Å². The minimum Gasteiger partial charge on any atom is -0.337 e. The maximum Gasteiger partial charge on any atom is 0.433 e. The van der Waals surface area contributed by atoms with Gasteiger partial charge in [0.1, 0.15) is 0 Å². The summed E-state index contributed by atoms with van der Waals surface area (Å²) in [5.74, 6) is -0.385. The minimum absolute atomic E-state index is 0.147. The van der Waals surface area contributed by atoms with Gasteiger partial charge >= 0.3 is 6.18 Å². The molecular weight excluding hydrogens is 309 g/mol. The molecule has 0 aliphatic carbocycles. The number of alkyl halides is 3. The molecule has 0 N–H and O–H groups in total. The molecule has 2 rings (SSSR count). The lowest BCUT2D eigenvalue weighted by atomic mass is 10.1. The van der Waals surface area contributed by atoms with E-state index in [2.05, 4.69) is 5.10 Å². The first-order valence-electron chi connectivity index (χ1n) is 7.64. The van der Waals surface area contributed by atoms with Crippen molar-refractivity contribution in [2.75, 3.05) is 27.2 Å². The van der Waals surface area contributed by atoms with Gasteiger partial charge < -0.3 is 9.80 Å². The van der Waals surface area contributed by atoms with Crippen molar-refractivity contribution < 1.29 is 18.0 Å². The van der Waals surface area contributed by atoms with Crippen LogP contribution in [0, 0.1) is 5.92 Å². The van der Waals surface area contributed by atoms with Crippen LogP contribution >= 0.6 is 0 Å². The highest BCUT2D eigenvalue weighted by Gasteiger charge is 2.43. The van der Waals surface area contributed by atoms with E-state index in [1.165, 1.54) is 4.90 Å². The van der Waals surface area contributed by atoms with E-state index in [4.69, 9.17) is 0 Å².